The fourth-order valence-electron chi connectivity index (χ4n) is 1.69. The second-order valence-electron chi connectivity index (χ2n) is 4.61. The summed E-state index contributed by atoms with van der Waals surface area (Å²) >= 11 is 0. The number of aryl methyl sites for hydroxylation is 1. The third-order valence-electron chi connectivity index (χ3n) is 2.79. The Hall–Kier alpha value is -2.35. The molecule has 0 saturated heterocycles. The van der Waals surface area contributed by atoms with Crippen molar-refractivity contribution in [2.75, 3.05) is 0 Å². The average Bonchev–Trinajstić information content (AvgIpc) is 2.43. The van der Waals surface area contributed by atoms with Crippen molar-refractivity contribution in [2.45, 2.75) is 12.7 Å². The Balaban J connectivity index is 2.18. The maximum atomic E-state index is 13.5. The highest BCUT2D eigenvalue weighted by Gasteiger charge is 2.21. The third kappa shape index (κ3) is 3.85. The molecule has 0 aliphatic carbocycles. The molecule has 5 nitrogen and oxygen atoms in total. The Morgan fingerprint density at radius 1 is 1.18 bits per heavy atom. The molecule has 0 unspecified atom stereocenters. The fraction of sp³-hybridized carbons (Fsp3) is 0.143. The zero-order valence-corrected chi connectivity index (χ0v) is 12.3. The minimum absolute atomic E-state index is 0.108. The Morgan fingerprint density at radius 2 is 1.82 bits per heavy atom. The van der Waals surface area contributed by atoms with Crippen molar-refractivity contribution in [1.82, 2.24) is 9.71 Å². The second kappa shape index (κ2) is 6.18. The molecule has 0 atom stereocenters. The van der Waals surface area contributed by atoms with Gasteiger partial charge in [0, 0.05) is 11.8 Å². The van der Waals surface area contributed by atoms with Crippen LogP contribution >= 0.6 is 0 Å². The quantitative estimate of drug-likeness (QED) is 0.931. The van der Waals surface area contributed by atoms with Crippen LogP contribution in [0.15, 0.2) is 36.5 Å². The number of amides is 1. The SMILES string of the molecule is Cc1ccc(C(=O)NS(=O)(=O)Cc2c(F)cccc2F)nc1. The number of rotatable bonds is 4. The van der Waals surface area contributed by atoms with Gasteiger partial charge in [0.05, 0.1) is 0 Å². The zero-order chi connectivity index (χ0) is 16.3. The van der Waals surface area contributed by atoms with Gasteiger partial charge in [0.25, 0.3) is 5.91 Å². The monoisotopic (exact) mass is 326 g/mol. The Kier molecular flexibility index (Phi) is 4.51. The smallest absolute Gasteiger partial charge is 0.266 e. The summed E-state index contributed by atoms with van der Waals surface area (Å²) in [5.74, 6) is -3.93. The molecule has 8 heteroatoms. The first-order valence-corrected chi connectivity index (χ1v) is 7.84. The van der Waals surface area contributed by atoms with Crippen LogP contribution < -0.4 is 4.72 Å². The Labute approximate surface area is 126 Å². The highest BCUT2D eigenvalue weighted by molar-refractivity contribution is 7.89. The largest absolute Gasteiger partial charge is 0.283 e. The van der Waals surface area contributed by atoms with Crippen molar-refractivity contribution in [3.63, 3.8) is 0 Å². The molecule has 1 N–H and O–H groups in total. The van der Waals surface area contributed by atoms with E-state index in [1.165, 1.54) is 12.3 Å². The lowest BCUT2D eigenvalue weighted by Gasteiger charge is -2.08. The molecule has 0 spiro atoms. The third-order valence-corrected chi connectivity index (χ3v) is 3.95. The summed E-state index contributed by atoms with van der Waals surface area (Å²) in [5, 5.41) is 0. The maximum Gasteiger partial charge on any atom is 0.283 e. The van der Waals surface area contributed by atoms with Gasteiger partial charge in [-0.15, -0.1) is 0 Å². The van der Waals surface area contributed by atoms with Crippen molar-refractivity contribution in [2.24, 2.45) is 0 Å². The van der Waals surface area contributed by atoms with Crippen molar-refractivity contribution in [3.05, 3.63) is 65.0 Å². The molecule has 2 rings (SSSR count). The molecule has 0 bridgehead atoms. The first-order valence-electron chi connectivity index (χ1n) is 6.19. The van der Waals surface area contributed by atoms with Crippen molar-refractivity contribution >= 4 is 15.9 Å². The zero-order valence-electron chi connectivity index (χ0n) is 11.5. The molecule has 2 aromatic rings. The molecule has 1 aromatic heterocycles. The molecule has 1 amide bonds. The summed E-state index contributed by atoms with van der Waals surface area (Å²) in [6.07, 6.45) is 1.40. The normalized spacial score (nSPS) is 11.2. The predicted molar refractivity (Wildman–Crippen MR) is 75.4 cm³/mol. The van der Waals surface area contributed by atoms with Gasteiger partial charge in [-0.1, -0.05) is 12.1 Å². The number of carbonyl (C=O) groups is 1. The summed E-state index contributed by atoms with van der Waals surface area (Å²) in [6, 6.07) is 5.94. The van der Waals surface area contributed by atoms with Crippen LogP contribution in [0.1, 0.15) is 21.6 Å². The first-order chi connectivity index (χ1) is 10.3. The first kappa shape index (κ1) is 16.0. The molecule has 1 aromatic carbocycles. The number of hydrogen-bond acceptors (Lipinski definition) is 4. The number of carbonyl (C=O) groups excluding carboxylic acids is 1. The van der Waals surface area contributed by atoms with Crippen molar-refractivity contribution < 1.29 is 22.0 Å². The van der Waals surface area contributed by atoms with E-state index in [0.29, 0.717) is 0 Å². The number of halogens is 2. The number of hydrogen-bond donors (Lipinski definition) is 1. The van der Waals surface area contributed by atoms with Crippen molar-refractivity contribution in [1.29, 1.82) is 0 Å². The van der Waals surface area contributed by atoms with Gasteiger partial charge < -0.3 is 0 Å². The van der Waals surface area contributed by atoms with Gasteiger partial charge >= 0.3 is 0 Å². The van der Waals surface area contributed by atoms with Gasteiger partial charge in [0.1, 0.15) is 23.1 Å². The van der Waals surface area contributed by atoms with Crippen molar-refractivity contribution in [3.8, 4) is 0 Å². The molecular formula is C14H12F2N2O3S. The van der Waals surface area contributed by atoms with E-state index in [0.717, 1.165) is 23.8 Å². The lowest BCUT2D eigenvalue weighted by molar-refractivity contribution is 0.0976. The van der Waals surface area contributed by atoms with E-state index in [1.54, 1.807) is 17.7 Å². The highest BCUT2D eigenvalue weighted by atomic mass is 32.2. The van der Waals surface area contributed by atoms with Gasteiger partial charge in [-0.3, -0.25) is 9.78 Å². The lowest BCUT2D eigenvalue weighted by atomic mass is 10.2. The summed E-state index contributed by atoms with van der Waals surface area (Å²) in [5.41, 5.74) is 0.0654. The topological polar surface area (TPSA) is 76.1 Å². The van der Waals surface area contributed by atoms with Crippen LogP contribution in [0, 0.1) is 18.6 Å². The van der Waals surface area contributed by atoms with Crippen LogP contribution in [-0.2, 0) is 15.8 Å². The summed E-state index contributed by atoms with van der Waals surface area (Å²) in [4.78, 5) is 15.6. The summed E-state index contributed by atoms with van der Waals surface area (Å²) in [7, 11) is -4.26. The molecule has 0 aliphatic heterocycles. The minimum atomic E-state index is -4.26. The van der Waals surface area contributed by atoms with Gasteiger partial charge in [0.15, 0.2) is 0 Å². The van der Waals surface area contributed by atoms with Gasteiger partial charge in [-0.25, -0.2) is 21.9 Å². The van der Waals surface area contributed by atoms with Crippen LogP contribution in [0.25, 0.3) is 0 Å². The van der Waals surface area contributed by atoms with Crippen LogP contribution in [0.2, 0.25) is 0 Å². The standard InChI is InChI=1S/C14H12F2N2O3S/c1-9-5-6-13(17-7-9)14(19)18-22(20,21)8-10-11(15)3-2-4-12(10)16/h2-7H,8H2,1H3,(H,18,19). The van der Waals surface area contributed by atoms with E-state index in [9.17, 15) is 22.0 Å². The minimum Gasteiger partial charge on any atom is -0.266 e. The molecule has 22 heavy (non-hydrogen) atoms. The van der Waals surface area contributed by atoms with Crippen LogP contribution in [0.5, 0.6) is 0 Å². The number of pyridine rings is 1. The predicted octanol–water partition coefficient (Wildman–Crippen LogP) is 1.93. The molecular weight excluding hydrogens is 314 g/mol. The van der Waals surface area contributed by atoms with E-state index in [-0.39, 0.29) is 5.69 Å². The van der Waals surface area contributed by atoms with E-state index >= 15 is 0 Å². The summed E-state index contributed by atoms with van der Waals surface area (Å²) in [6.45, 7) is 1.76. The van der Waals surface area contributed by atoms with Crippen LogP contribution in [0.4, 0.5) is 8.78 Å². The second-order valence-corrected chi connectivity index (χ2v) is 6.33. The van der Waals surface area contributed by atoms with Crippen LogP contribution in [-0.4, -0.2) is 19.3 Å². The molecule has 0 aliphatic rings. The van der Waals surface area contributed by atoms with Gasteiger partial charge in [-0.2, -0.15) is 0 Å². The Morgan fingerprint density at radius 3 is 2.36 bits per heavy atom. The fourth-order valence-corrected chi connectivity index (χ4v) is 2.81. The number of nitrogens with one attached hydrogen (secondary N) is 1. The lowest BCUT2D eigenvalue weighted by Crippen LogP contribution is -2.32. The molecule has 0 radical (unpaired) electrons. The summed E-state index contributed by atoms with van der Waals surface area (Å²) < 4.78 is 52.4. The van der Waals surface area contributed by atoms with Gasteiger partial charge in [-0.05, 0) is 30.7 Å². The van der Waals surface area contributed by atoms with Crippen LogP contribution in [0.3, 0.4) is 0 Å². The maximum absolute atomic E-state index is 13.5. The molecule has 0 fully saturated rings. The van der Waals surface area contributed by atoms with E-state index < -0.39 is 38.9 Å². The van der Waals surface area contributed by atoms with E-state index in [2.05, 4.69) is 4.98 Å². The van der Waals surface area contributed by atoms with Gasteiger partial charge in [0.2, 0.25) is 10.0 Å². The number of benzene rings is 1. The Bertz CT molecular complexity index is 785. The molecule has 116 valence electrons. The van der Waals surface area contributed by atoms with E-state index in [4.69, 9.17) is 0 Å². The molecule has 0 saturated carbocycles. The number of sulfonamides is 1. The molecule has 1 heterocycles. The average molecular weight is 326 g/mol. The van der Waals surface area contributed by atoms with E-state index in [1.807, 2.05) is 0 Å². The number of nitrogens with zero attached hydrogens (tertiary/aromatic N) is 1. The highest BCUT2D eigenvalue weighted by Crippen LogP contribution is 2.15. The number of aromatic nitrogens is 1.